The summed E-state index contributed by atoms with van der Waals surface area (Å²) in [5.74, 6) is 0.0579. The molecule has 1 unspecified atom stereocenters. The van der Waals surface area contributed by atoms with E-state index in [4.69, 9.17) is 0 Å². The van der Waals surface area contributed by atoms with Crippen molar-refractivity contribution >= 4 is 16.0 Å². The monoisotopic (exact) mass is 311 g/mol. The molecule has 1 heterocycles. The Morgan fingerprint density at radius 3 is 2.57 bits per heavy atom. The molecule has 1 aromatic rings. The van der Waals surface area contributed by atoms with Crippen LogP contribution in [0.15, 0.2) is 29.2 Å². The number of hydrogen-bond donors (Lipinski definition) is 0. The number of sulfonamides is 1. The average molecular weight is 311 g/mol. The van der Waals surface area contributed by atoms with Crippen LogP contribution in [0.4, 0.5) is 0 Å². The van der Waals surface area contributed by atoms with Gasteiger partial charge in [-0.1, -0.05) is 19.1 Å². The zero-order chi connectivity index (χ0) is 15.5. The van der Waals surface area contributed by atoms with Gasteiger partial charge >= 0.3 is 5.97 Å². The SMILES string of the molecule is COC(=O)Cc1ccc(S(=O)(=O)N2CCCC(C)C2)cc1. The van der Waals surface area contributed by atoms with E-state index in [-0.39, 0.29) is 17.3 Å². The van der Waals surface area contributed by atoms with Crippen LogP contribution in [-0.2, 0) is 26.0 Å². The van der Waals surface area contributed by atoms with Crippen molar-refractivity contribution < 1.29 is 17.9 Å². The van der Waals surface area contributed by atoms with Crippen LogP contribution < -0.4 is 0 Å². The van der Waals surface area contributed by atoms with Gasteiger partial charge in [-0.05, 0) is 36.5 Å². The first kappa shape index (κ1) is 16.0. The third-order valence-electron chi connectivity index (χ3n) is 3.76. The Morgan fingerprint density at radius 2 is 2.00 bits per heavy atom. The predicted octanol–water partition coefficient (Wildman–Crippen LogP) is 1.82. The summed E-state index contributed by atoms with van der Waals surface area (Å²) in [7, 11) is -2.10. The number of hydrogen-bond acceptors (Lipinski definition) is 4. The smallest absolute Gasteiger partial charge is 0.309 e. The van der Waals surface area contributed by atoms with Crippen molar-refractivity contribution in [1.82, 2.24) is 4.31 Å². The minimum Gasteiger partial charge on any atom is -0.469 e. The Labute approximate surface area is 126 Å². The van der Waals surface area contributed by atoms with E-state index in [1.54, 1.807) is 28.6 Å². The Morgan fingerprint density at radius 1 is 1.33 bits per heavy atom. The number of carbonyl (C=O) groups excluding carboxylic acids is 1. The van der Waals surface area contributed by atoms with Crippen LogP contribution in [0.3, 0.4) is 0 Å². The molecule has 0 spiro atoms. The molecule has 0 aliphatic carbocycles. The predicted molar refractivity (Wildman–Crippen MR) is 79.3 cm³/mol. The van der Waals surface area contributed by atoms with Crippen molar-refractivity contribution in [2.75, 3.05) is 20.2 Å². The molecule has 0 saturated carbocycles. The molecule has 1 aromatic carbocycles. The van der Waals surface area contributed by atoms with Gasteiger partial charge in [-0.25, -0.2) is 8.42 Å². The van der Waals surface area contributed by atoms with E-state index in [1.165, 1.54) is 7.11 Å². The number of rotatable bonds is 4. The summed E-state index contributed by atoms with van der Waals surface area (Å²) < 4.78 is 31.3. The Balaban J connectivity index is 2.15. The van der Waals surface area contributed by atoms with Gasteiger partial charge in [0.15, 0.2) is 0 Å². The lowest BCUT2D eigenvalue weighted by Crippen LogP contribution is -2.39. The van der Waals surface area contributed by atoms with Crippen LogP contribution in [0, 0.1) is 5.92 Å². The quantitative estimate of drug-likeness (QED) is 0.796. The van der Waals surface area contributed by atoms with Gasteiger partial charge in [0.2, 0.25) is 10.0 Å². The first-order chi connectivity index (χ1) is 9.93. The lowest BCUT2D eigenvalue weighted by molar-refractivity contribution is -0.139. The molecular weight excluding hydrogens is 290 g/mol. The van der Waals surface area contributed by atoms with Crippen LogP contribution in [0.5, 0.6) is 0 Å². The number of methoxy groups -OCH3 is 1. The summed E-state index contributed by atoms with van der Waals surface area (Å²) in [6, 6.07) is 6.45. The highest BCUT2D eigenvalue weighted by Gasteiger charge is 2.28. The van der Waals surface area contributed by atoms with Crippen LogP contribution in [-0.4, -0.2) is 38.9 Å². The molecule has 0 aromatic heterocycles. The van der Waals surface area contributed by atoms with Crippen molar-refractivity contribution in [2.24, 2.45) is 5.92 Å². The standard InChI is InChI=1S/C15H21NO4S/c1-12-4-3-9-16(11-12)21(18,19)14-7-5-13(6-8-14)10-15(17)20-2/h5-8,12H,3-4,9-11H2,1-2H3. The Kier molecular flexibility index (Phi) is 5.00. The highest BCUT2D eigenvalue weighted by molar-refractivity contribution is 7.89. The van der Waals surface area contributed by atoms with Gasteiger partial charge in [-0.2, -0.15) is 4.31 Å². The molecule has 2 rings (SSSR count). The Bertz CT molecular complexity index is 595. The number of ether oxygens (including phenoxy) is 1. The van der Waals surface area contributed by atoms with Gasteiger partial charge < -0.3 is 4.74 Å². The maximum absolute atomic E-state index is 12.6. The third-order valence-corrected chi connectivity index (χ3v) is 5.64. The second-order valence-corrected chi connectivity index (χ2v) is 7.45. The summed E-state index contributed by atoms with van der Waals surface area (Å²) in [6.45, 7) is 3.23. The molecule has 1 saturated heterocycles. The molecule has 0 amide bonds. The van der Waals surface area contributed by atoms with E-state index in [9.17, 15) is 13.2 Å². The van der Waals surface area contributed by atoms with Gasteiger partial charge in [0.1, 0.15) is 0 Å². The minimum absolute atomic E-state index is 0.150. The molecule has 1 aliphatic rings. The summed E-state index contributed by atoms with van der Waals surface area (Å²) in [5.41, 5.74) is 0.743. The van der Waals surface area contributed by atoms with Crippen LogP contribution in [0.25, 0.3) is 0 Å². The van der Waals surface area contributed by atoms with Gasteiger partial charge in [0.05, 0.1) is 18.4 Å². The molecule has 6 heteroatoms. The second kappa shape index (κ2) is 6.58. The summed E-state index contributed by atoms with van der Waals surface area (Å²) >= 11 is 0. The average Bonchev–Trinajstić information content (AvgIpc) is 2.47. The molecule has 5 nitrogen and oxygen atoms in total. The highest BCUT2D eigenvalue weighted by atomic mass is 32.2. The van der Waals surface area contributed by atoms with Crippen molar-refractivity contribution in [1.29, 1.82) is 0 Å². The van der Waals surface area contributed by atoms with E-state index in [2.05, 4.69) is 11.7 Å². The topological polar surface area (TPSA) is 63.7 Å². The van der Waals surface area contributed by atoms with Crippen LogP contribution in [0.1, 0.15) is 25.3 Å². The summed E-state index contributed by atoms with van der Waals surface area (Å²) in [6.07, 6.45) is 2.13. The van der Waals surface area contributed by atoms with Crippen LogP contribution in [0.2, 0.25) is 0 Å². The molecule has 1 atom stereocenters. The normalized spacial score (nSPS) is 20.2. The summed E-state index contributed by atoms with van der Waals surface area (Å²) in [5, 5.41) is 0. The lowest BCUT2D eigenvalue weighted by Gasteiger charge is -2.30. The largest absolute Gasteiger partial charge is 0.469 e. The van der Waals surface area contributed by atoms with Gasteiger partial charge in [0.25, 0.3) is 0 Å². The van der Waals surface area contributed by atoms with Gasteiger partial charge in [0, 0.05) is 13.1 Å². The molecule has 0 N–H and O–H groups in total. The van der Waals surface area contributed by atoms with Crippen molar-refractivity contribution in [3.8, 4) is 0 Å². The molecule has 116 valence electrons. The first-order valence-electron chi connectivity index (χ1n) is 7.09. The molecule has 0 bridgehead atoms. The zero-order valence-electron chi connectivity index (χ0n) is 12.4. The minimum atomic E-state index is -3.43. The van der Waals surface area contributed by atoms with E-state index < -0.39 is 10.0 Å². The number of piperidine rings is 1. The van der Waals surface area contributed by atoms with Gasteiger partial charge in [-0.15, -0.1) is 0 Å². The number of nitrogens with zero attached hydrogens (tertiary/aromatic N) is 1. The molecule has 0 radical (unpaired) electrons. The third kappa shape index (κ3) is 3.83. The fraction of sp³-hybridized carbons (Fsp3) is 0.533. The van der Waals surface area contributed by atoms with Gasteiger partial charge in [-0.3, -0.25) is 4.79 Å². The van der Waals surface area contributed by atoms with E-state index in [1.807, 2.05) is 0 Å². The van der Waals surface area contributed by atoms with E-state index in [0.29, 0.717) is 19.0 Å². The number of benzene rings is 1. The summed E-state index contributed by atoms with van der Waals surface area (Å²) in [4.78, 5) is 11.5. The van der Waals surface area contributed by atoms with E-state index >= 15 is 0 Å². The fourth-order valence-corrected chi connectivity index (χ4v) is 4.13. The first-order valence-corrected chi connectivity index (χ1v) is 8.53. The molecular formula is C15H21NO4S. The zero-order valence-corrected chi connectivity index (χ0v) is 13.2. The fourth-order valence-electron chi connectivity index (χ4n) is 2.53. The number of carbonyl (C=O) groups is 1. The van der Waals surface area contributed by atoms with Crippen molar-refractivity contribution in [3.63, 3.8) is 0 Å². The van der Waals surface area contributed by atoms with Crippen molar-refractivity contribution in [2.45, 2.75) is 31.1 Å². The molecule has 1 fully saturated rings. The lowest BCUT2D eigenvalue weighted by atomic mass is 10.0. The number of esters is 1. The van der Waals surface area contributed by atoms with E-state index in [0.717, 1.165) is 18.4 Å². The molecule has 21 heavy (non-hydrogen) atoms. The molecule has 1 aliphatic heterocycles. The Hall–Kier alpha value is -1.40. The maximum Gasteiger partial charge on any atom is 0.309 e. The second-order valence-electron chi connectivity index (χ2n) is 5.51. The highest BCUT2D eigenvalue weighted by Crippen LogP contribution is 2.23. The maximum atomic E-state index is 12.6. The van der Waals surface area contributed by atoms with Crippen LogP contribution >= 0.6 is 0 Å². The van der Waals surface area contributed by atoms with Crippen molar-refractivity contribution in [3.05, 3.63) is 29.8 Å².